The van der Waals surface area contributed by atoms with Crippen molar-refractivity contribution >= 4 is 39.3 Å². The van der Waals surface area contributed by atoms with Crippen LogP contribution in [0.2, 0.25) is 0 Å². The van der Waals surface area contributed by atoms with Gasteiger partial charge in [-0.15, -0.1) is 11.3 Å². The maximum absolute atomic E-state index is 11.2. The van der Waals surface area contributed by atoms with Crippen molar-refractivity contribution in [2.45, 2.75) is 51.5 Å². The molecule has 1 aliphatic rings. The van der Waals surface area contributed by atoms with Crippen molar-refractivity contribution < 1.29 is 9.53 Å². The van der Waals surface area contributed by atoms with Gasteiger partial charge in [0.05, 0.1) is 23.1 Å². The zero-order valence-corrected chi connectivity index (χ0v) is 15.5. The zero-order valence-electron chi connectivity index (χ0n) is 13.9. The molecule has 0 radical (unpaired) electrons. The van der Waals surface area contributed by atoms with E-state index >= 15 is 0 Å². The molecule has 0 saturated heterocycles. The predicted octanol–water partition coefficient (Wildman–Crippen LogP) is 4.89. The topological polar surface area (TPSA) is 52.1 Å². The molecular formula is C16H24N2O2S2. The van der Waals surface area contributed by atoms with Crippen LogP contribution in [-0.4, -0.2) is 28.8 Å². The van der Waals surface area contributed by atoms with Crippen LogP contribution in [-0.2, 0) is 9.53 Å². The van der Waals surface area contributed by atoms with Gasteiger partial charge in [0.15, 0.2) is 0 Å². The minimum absolute atomic E-state index is 0.231. The Balaban J connectivity index is 0.000000561. The van der Waals surface area contributed by atoms with Crippen molar-refractivity contribution in [1.29, 1.82) is 0 Å². The van der Waals surface area contributed by atoms with Crippen molar-refractivity contribution in [2.75, 3.05) is 12.9 Å². The van der Waals surface area contributed by atoms with Crippen LogP contribution in [0, 0.1) is 0 Å². The molecule has 1 aliphatic carbocycles. The molecule has 0 atom stereocenters. The van der Waals surface area contributed by atoms with Gasteiger partial charge in [0.2, 0.25) is 0 Å². The second-order valence-corrected chi connectivity index (χ2v) is 6.03. The Hall–Kier alpha value is -1.14. The van der Waals surface area contributed by atoms with Gasteiger partial charge in [0.1, 0.15) is 11.4 Å². The van der Waals surface area contributed by atoms with Crippen LogP contribution in [0.4, 0.5) is 0 Å². The Labute approximate surface area is 140 Å². The van der Waals surface area contributed by atoms with Crippen molar-refractivity contribution in [1.82, 2.24) is 9.97 Å². The summed E-state index contributed by atoms with van der Waals surface area (Å²) < 4.78 is 5.73. The van der Waals surface area contributed by atoms with Gasteiger partial charge in [-0.1, -0.05) is 39.5 Å². The number of ether oxygens (including phenoxy) is 1. The third-order valence-electron chi connectivity index (χ3n) is 2.92. The van der Waals surface area contributed by atoms with Gasteiger partial charge in [-0.2, -0.15) is 0 Å². The molecule has 4 nitrogen and oxygen atoms in total. The molecule has 0 bridgehead atoms. The lowest BCUT2D eigenvalue weighted by molar-refractivity contribution is -0.137. The number of hydrogen-bond acceptors (Lipinski definition) is 6. The first-order valence-electron chi connectivity index (χ1n) is 7.71. The highest BCUT2D eigenvalue weighted by Gasteiger charge is 2.27. The van der Waals surface area contributed by atoms with E-state index in [-0.39, 0.29) is 5.97 Å². The maximum atomic E-state index is 11.2. The number of esters is 1. The van der Waals surface area contributed by atoms with E-state index in [1.807, 2.05) is 27.7 Å². The molecule has 22 heavy (non-hydrogen) atoms. The molecule has 0 aliphatic heterocycles. The summed E-state index contributed by atoms with van der Waals surface area (Å²) in [5, 5.41) is 3.06. The molecule has 1 saturated carbocycles. The average Bonchev–Trinajstić information content (AvgIpc) is 3.35. The molecule has 3 rings (SSSR count). The van der Waals surface area contributed by atoms with E-state index in [4.69, 9.17) is 0 Å². The third kappa shape index (κ3) is 4.68. The van der Waals surface area contributed by atoms with Crippen LogP contribution in [0.3, 0.4) is 0 Å². The fourth-order valence-electron chi connectivity index (χ4n) is 1.82. The minimum atomic E-state index is -0.231. The monoisotopic (exact) mass is 340 g/mol. The van der Waals surface area contributed by atoms with Gasteiger partial charge < -0.3 is 4.74 Å². The molecule has 0 amide bonds. The lowest BCUT2D eigenvalue weighted by atomic mass is 10.2. The molecule has 2 aromatic rings. The number of rotatable bonds is 4. The number of hydrogen-bond donors (Lipinski definition) is 0. The van der Waals surface area contributed by atoms with Crippen LogP contribution in [0.5, 0.6) is 0 Å². The van der Waals surface area contributed by atoms with Crippen molar-refractivity contribution in [3.8, 4) is 0 Å². The molecule has 1 fully saturated rings. The SMILES string of the molecule is CC.CC.COC(=O)CSc1ncnc2c(C3CC3)csc12. The molecule has 0 unspecified atom stereocenters. The molecule has 0 spiro atoms. The van der Waals surface area contributed by atoms with E-state index in [0.717, 1.165) is 15.2 Å². The quantitative estimate of drug-likeness (QED) is 0.451. The van der Waals surface area contributed by atoms with E-state index in [2.05, 4.69) is 20.1 Å². The second-order valence-electron chi connectivity index (χ2n) is 4.19. The summed E-state index contributed by atoms with van der Waals surface area (Å²) in [7, 11) is 1.40. The highest BCUT2D eigenvalue weighted by atomic mass is 32.2. The summed E-state index contributed by atoms with van der Waals surface area (Å²) in [6.07, 6.45) is 4.11. The number of nitrogens with zero attached hydrogens (tertiary/aromatic N) is 2. The van der Waals surface area contributed by atoms with Crippen LogP contribution in [0.25, 0.3) is 10.2 Å². The largest absolute Gasteiger partial charge is 0.468 e. The average molecular weight is 341 g/mol. The summed E-state index contributed by atoms with van der Waals surface area (Å²) in [6.45, 7) is 8.00. The highest BCUT2D eigenvalue weighted by molar-refractivity contribution is 8.00. The van der Waals surface area contributed by atoms with Crippen molar-refractivity contribution in [3.63, 3.8) is 0 Å². The molecular weight excluding hydrogens is 316 g/mol. The number of thiophene rings is 1. The minimum Gasteiger partial charge on any atom is -0.468 e. The van der Waals surface area contributed by atoms with Gasteiger partial charge in [0, 0.05) is 0 Å². The Kier molecular flexibility index (Phi) is 8.42. The third-order valence-corrected chi connectivity index (χ3v) is 5.01. The molecule has 2 aromatic heterocycles. The van der Waals surface area contributed by atoms with Gasteiger partial charge in [-0.25, -0.2) is 9.97 Å². The summed E-state index contributed by atoms with van der Waals surface area (Å²) >= 11 is 3.08. The Bertz CT molecular complexity index is 595. The lowest BCUT2D eigenvalue weighted by Gasteiger charge is -2.01. The maximum Gasteiger partial charge on any atom is 0.316 e. The number of thioether (sulfide) groups is 1. The molecule has 6 heteroatoms. The highest BCUT2D eigenvalue weighted by Crippen LogP contribution is 2.45. The fraction of sp³-hybridized carbons (Fsp3) is 0.562. The first kappa shape index (κ1) is 18.9. The summed E-state index contributed by atoms with van der Waals surface area (Å²) in [5.74, 6) is 0.747. The normalized spacial score (nSPS) is 12.8. The molecule has 0 N–H and O–H groups in total. The number of aromatic nitrogens is 2. The van der Waals surface area contributed by atoms with Crippen LogP contribution < -0.4 is 0 Å². The zero-order chi connectivity index (χ0) is 16.5. The summed E-state index contributed by atoms with van der Waals surface area (Å²) in [5.41, 5.74) is 2.40. The van der Waals surface area contributed by atoms with Crippen LogP contribution >= 0.6 is 23.1 Å². The standard InChI is InChI=1S/C12H12N2O2S2.2C2H6/c1-16-9(15)5-18-12-11-10(13-6-14-12)8(4-17-11)7-2-3-7;2*1-2/h4,6-7H,2-3,5H2,1H3;2*1-2H3. The van der Waals surface area contributed by atoms with E-state index in [1.54, 1.807) is 17.7 Å². The van der Waals surface area contributed by atoms with Crippen molar-refractivity contribution in [2.24, 2.45) is 0 Å². The lowest BCUT2D eigenvalue weighted by Crippen LogP contribution is -2.03. The molecule has 0 aromatic carbocycles. The summed E-state index contributed by atoms with van der Waals surface area (Å²) in [6, 6.07) is 0. The van der Waals surface area contributed by atoms with E-state index in [0.29, 0.717) is 11.7 Å². The van der Waals surface area contributed by atoms with Crippen molar-refractivity contribution in [3.05, 3.63) is 17.3 Å². The first-order valence-corrected chi connectivity index (χ1v) is 9.58. The Morgan fingerprint density at radius 1 is 1.32 bits per heavy atom. The van der Waals surface area contributed by atoms with E-state index in [1.165, 1.54) is 37.3 Å². The van der Waals surface area contributed by atoms with Gasteiger partial charge >= 0.3 is 5.97 Å². The number of carbonyl (C=O) groups excluding carboxylic acids is 1. The first-order chi connectivity index (χ1) is 10.8. The summed E-state index contributed by atoms with van der Waals surface area (Å²) in [4.78, 5) is 19.8. The Morgan fingerprint density at radius 3 is 2.59 bits per heavy atom. The molecule has 2 heterocycles. The van der Waals surface area contributed by atoms with Gasteiger partial charge in [-0.3, -0.25) is 4.79 Å². The van der Waals surface area contributed by atoms with Crippen LogP contribution in [0.1, 0.15) is 52.0 Å². The van der Waals surface area contributed by atoms with Gasteiger partial charge in [0.25, 0.3) is 0 Å². The van der Waals surface area contributed by atoms with Gasteiger partial charge in [-0.05, 0) is 29.7 Å². The van der Waals surface area contributed by atoms with E-state index in [9.17, 15) is 4.79 Å². The fourth-order valence-corrected chi connectivity index (χ4v) is 3.85. The second kappa shape index (κ2) is 9.79. The predicted molar refractivity (Wildman–Crippen MR) is 94.8 cm³/mol. The van der Waals surface area contributed by atoms with E-state index < -0.39 is 0 Å². The Morgan fingerprint density at radius 2 is 2.00 bits per heavy atom. The smallest absolute Gasteiger partial charge is 0.316 e. The van der Waals surface area contributed by atoms with Crippen LogP contribution in [0.15, 0.2) is 16.7 Å². The number of fused-ring (bicyclic) bond motifs is 1. The number of carbonyl (C=O) groups is 1. The number of methoxy groups -OCH3 is 1. The molecule has 122 valence electrons.